The highest BCUT2D eigenvalue weighted by Crippen LogP contribution is 2.33. The Morgan fingerprint density at radius 3 is 3.00 bits per heavy atom. The molecule has 0 bridgehead atoms. The van der Waals surface area contributed by atoms with Gasteiger partial charge >= 0.3 is 0 Å². The molecule has 68 valence electrons. The number of ether oxygens (including phenoxy) is 1. The molecule has 0 unspecified atom stereocenters. The number of hydrogen-bond acceptors (Lipinski definition) is 2. The number of fused-ring (bicyclic) bond motifs is 1. The molecule has 0 spiro atoms. The van der Waals surface area contributed by atoms with Crippen LogP contribution in [-0.2, 0) is 0 Å². The molecule has 0 saturated heterocycles. The summed E-state index contributed by atoms with van der Waals surface area (Å²) in [5, 5.41) is 9.80. The maximum atomic E-state index is 12.8. The number of aliphatic hydroxyl groups excluding tert-OH is 1. The molecule has 0 radical (unpaired) electrons. The quantitative estimate of drug-likeness (QED) is 0.698. The summed E-state index contributed by atoms with van der Waals surface area (Å²) in [6.07, 6.45) is 0. The zero-order chi connectivity index (χ0) is 9.42. The molecular weight excluding hydrogens is 195 g/mol. The third-order valence-corrected chi connectivity index (χ3v) is 2.05. The summed E-state index contributed by atoms with van der Waals surface area (Å²) >= 11 is 5.69. The molecule has 1 aromatic rings. The van der Waals surface area contributed by atoms with E-state index in [0.717, 1.165) is 0 Å². The highest BCUT2D eigenvalue weighted by molar-refractivity contribution is 6.30. The van der Waals surface area contributed by atoms with Gasteiger partial charge in [-0.2, -0.15) is 0 Å². The van der Waals surface area contributed by atoms with Gasteiger partial charge < -0.3 is 9.84 Å². The van der Waals surface area contributed by atoms with E-state index >= 15 is 0 Å². The van der Waals surface area contributed by atoms with Crippen LogP contribution in [0, 0.1) is 0 Å². The van der Waals surface area contributed by atoms with Crippen LogP contribution in [0.2, 0.25) is 5.02 Å². The molecule has 2 nitrogen and oxygen atoms in total. The van der Waals surface area contributed by atoms with Crippen molar-refractivity contribution in [1.29, 1.82) is 0 Å². The third kappa shape index (κ3) is 1.35. The normalized spacial score (nSPS) is 15.2. The molecule has 1 N–H and O–H groups in total. The fraction of sp³-hybridized carbons (Fsp3) is 0.111. The number of aliphatic hydroxyl groups is 1. The van der Waals surface area contributed by atoms with Crippen molar-refractivity contribution in [2.75, 3.05) is 6.61 Å². The Labute approximate surface area is 79.2 Å². The van der Waals surface area contributed by atoms with Crippen LogP contribution in [0.25, 0.3) is 5.76 Å². The summed E-state index contributed by atoms with van der Waals surface area (Å²) in [5.74, 6) is -0.612. The van der Waals surface area contributed by atoms with Gasteiger partial charge in [0.15, 0.2) is 11.6 Å². The van der Waals surface area contributed by atoms with Crippen LogP contribution in [0.15, 0.2) is 24.0 Å². The summed E-state index contributed by atoms with van der Waals surface area (Å²) in [7, 11) is 0. The second kappa shape index (κ2) is 2.92. The van der Waals surface area contributed by atoms with E-state index in [9.17, 15) is 9.50 Å². The summed E-state index contributed by atoms with van der Waals surface area (Å²) in [6.45, 7) is -0.237. The Kier molecular flexibility index (Phi) is 1.88. The molecule has 0 aliphatic carbocycles. The zero-order valence-corrected chi connectivity index (χ0v) is 7.31. The second-order valence-corrected chi connectivity index (χ2v) is 3.12. The lowest BCUT2D eigenvalue weighted by Gasteiger charge is -2.16. The number of hydrogen-bond donors (Lipinski definition) is 1. The third-order valence-electron chi connectivity index (χ3n) is 1.81. The molecule has 0 fully saturated rings. The lowest BCUT2D eigenvalue weighted by atomic mass is 10.1. The van der Waals surface area contributed by atoms with Crippen molar-refractivity contribution in [3.63, 3.8) is 0 Å². The summed E-state index contributed by atoms with van der Waals surface area (Å²) in [5.41, 5.74) is 0.341. The molecule has 1 aliphatic rings. The van der Waals surface area contributed by atoms with Crippen LogP contribution in [0.5, 0.6) is 5.75 Å². The Morgan fingerprint density at radius 2 is 2.23 bits per heavy atom. The van der Waals surface area contributed by atoms with Gasteiger partial charge in [-0.15, -0.1) is 0 Å². The Hall–Kier alpha value is -1.22. The van der Waals surface area contributed by atoms with Gasteiger partial charge in [-0.1, -0.05) is 11.6 Å². The van der Waals surface area contributed by atoms with E-state index in [-0.39, 0.29) is 12.4 Å². The van der Waals surface area contributed by atoms with Crippen LogP contribution in [0.3, 0.4) is 0 Å². The van der Waals surface area contributed by atoms with Crippen LogP contribution < -0.4 is 4.74 Å². The lowest BCUT2D eigenvalue weighted by molar-refractivity contribution is 0.296. The minimum absolute atomic E-state index is 0.237. The predicted molar refractivity (Wildman–Crippen MR) is 47.6 cm³/mol. The van der Waals surface area contributed by atoms with Gasteiger partial charge in [0.2, 0.25) is 0 Å². The number of halogens is 2. The van der Waals surface area contributed by atoms with Crippen LogP contribution in [0.4, 0.5) is 4.39 Å². The van der Waals surface area contributed by atoms with Crippen LogP contribution in [-0.4, -0.2) is 11.7 Å². The fourth-order valence-electron chi connectivity index (χ4n) is 1.17. The van der Waals surface area contributed by atoms with Crippen molar-refractivity contribution in [1.82, 2.24) is 0 Å². The van der Waals surface area contributed by atoms with Crippen molar-refractivity contribution in [2.24, 2.45) is 0 Å². The second-order valence-electron chi connectivity index (χ2n) is 2.68. The molecule has 4 heteroatoms. The van der Waals surface area contributed by atoms with E-state index in [1.54, 1.807) is 12.1 Å². The van der Waals surface area contributed by atoms with Crippen LogP contribution in [0.1, 0.15) is 5.56 Å². The minimum Gasteiger partial charge on any atom is -0.504 e. The number of benzene rings is 1. The van der Waals surface area contributed by atoms with Gasteiger partial charge in [0.25, 0.3) is 0 Å². The van der Waals surface area contributed by atoms with Gasteiger partial charge in [0.05, 0.1) is 5.56 Å². The average molecular weight is 201 g/mol. The van der Waals surface area contributed by atoms with E-state index in [4.69, 9.17) is 16.3 Å². The molecule has 0 aromatic heterocycles. The maximum Gasteiger partial charge on any atom is 0.180 e. The van der Waals surface area contributed by atoms with Gasteiger partial charge in [-0.25, -0.2) is 4.39 Å². The van der Waals surface area contributed by atoms with Gasteiger partial charge in [-0.3, -0.25) is 0 Å². The largest absolute Gasteiger partial charge is 0.504 e. The van der Waals surface area contributed by atoms with Crippen molar-refractivity contribution in [2.45, 2.75) is 0 Å². The van der Waals surface area contributed by atoms with E-state index < -0.39 is 5.83 Å². The SMILES string of the molecule is OC1=C(F)COc2cc(Cl)ccc21. The topological polar surface area (TPSA) is 29.5 Å². The van der Waals surface area contributed by atoms with Gasteiger partial charge in [0.1, 0.15) is 12.4 Å². The molecule has 0 amide bonds. The smallest absolute Gasteiger partial charge is 0.180 e. The van der Waals surface area contributed by atoms with Crippen molar-refractivity contribution >= 4 is 17.4 Å². The van der Waals surface area contributed by atoms with Crippen molar-refractivity contribution in [3.8, 4) is 5.75 Å². The first-order valence-electron chi connectivity index (χ1n) is 3.69. The lowest BCUT2D eigenvalue weighted by Crippen LogP contribution is -2.08. The first kappa shape index (κ1) is 8.38. The molecule has 13 heavy (non-hydrogen) atoms. The van der Waals surface area contributed by atoms with E-state index in [1.165, 1.54) is 6.07 Å². The van der Waals surface area contributed by atoms with E-state index in [1.807, 2.05) is 0 Å². The van der Waals surface area contributed by atoms with Crippen LogP contribution >= 0.6 is 11.6 Å². The van der Waals surface area contributed by atoms with E-state index in [0.29, 0.717) is 16.3 Å². The molecule has 1 heterocycles. The Balaban J connectivity index is 2.58. The molecule has 2 rings (SSSR count). The summed E-state index contributed by atoms with van der Waals surface area (Å²) in [6, 6.07) is 4.63. The summed E-state index contributed by atoms with van der Waals surface area (Å²) in [4.78, 5) is 0. The highest BCUT2D eigenvalue weighted by atomic mass is 35.5. The maximum absolute atomic E-state index is 12.8. The average Bonchev–Trinajstić information content (AvgIpc) is 2.12. The Bertz CT molecular complexity index is 387. The minimum atomic E-state index is -0.658. The molecular formula is C9H6ClFO2. The van der Waals surface area contributed by atoms with Gasteiger partial charge in [-0.05, 0) is 18.2 Å². The Morgan fingerprint density at radius 1 is 1.46 bits per heavy atom. The first-order chi connectivity index (χ1) is 6.18. The molecule has 1 aliphatic heterocycles. The fourth-order valence-corrected chi connectivity index (χ4v) is 1.33. The predicted octanol–water partition coefficient (Wildman–Crippen LogP) is 2.93. The highest BCUT2D eigenvalue weighted by Gasteiger charge is 2.19. The van der Waals surface area contributed by atoms with E-state index in [2.05, 4.69) is 0 Å². The monoisotopic (exact) mass is 200 g/mol. The molecule has 0 atom stereocenters. The summed E-state index contributed by atoms with van der Waals surface area (Å²) < 4.78 is 17.8. The standard InChI is InChI=1S/C9H6ClFO2/c10-5-1-2-6-8(3-5)13-4-7(11)9(6)12/h1-3,12H,4H2. The molecule has 0 saturated carbocycles. The van der Waals surface area contributed by atoms with Gasteiger partial charge in [0, 0.05) is 5.02 Å². The number of rotatable bonds is 0. The molecule has 1 aromatic carbocycles. The van der Waals surface area contributed by atoms with Crippen molar-refractivity contribution < 1.29 is 14.2 Å². The first-order valence-corrected chi connectivity index (χ1v) is 4.06. The van der Waals surface area contributed by atoms with Crippen molar-refractivity contribution in [3.05, 3.63) is 34.6 Å². The zero-order valence-electron chi connectivity index (χ0n) is 6.55.